The Labute approximate surface area is 79.3 Å². The van der Waals surface area contributed by atoms with Gasteiger partial charge in [-0.3, -0.25) is 0 Å². The molecule has 0 fully saturated rings. The highest BCUT2D eigenvalue weighted by Crippen LogP contribution is 2.44. The predicted octanol–water partition coefficient (Wildman–Crippen LogP) is 3.42. The third-order valence-electron chi connectivity index (χ3n) is 1.58. The van der Waals surface area contributed by atoms with Gasteiger partial charge in [-0.2, -0.15) is 22.0 Å². The molecule has 0 saturated carbocycles. The summed E-state index contributed by atoms with van der Waals surface area (Å²) in [5.74, 6) is -9.55. The van der Waals surface area contributed by atoms with Crippen LogP contribution in [-0.2, 0) is 5.92 Å². The van der Waals surface area contributed by atoms with Crippen LogP contribution in [0, 0.1) is 17.7 Å². The maximum Gasteiger partial charge on any atom is 0.458 e. The molecule has 1 radical (unpaired) electrons. The molecule has 0 aliphatic rings. The smallest absolute Gasteiger partial charge is 0.203 e. The highest BCUT2D eigenvalue weighted by atomic mass is 19.4. The van der Waals surface area contributed by atoms with Gasteiger partial charge < -0.3 is 0 Å². The molecular weight excluding hydrogens is 229 g/mol. The highest BCUT2D eigenvalue weighted by Gasteiger charge is 2.60. The summed E-state index contributed by atoms with van der Waals surface area (Å²) in [6.07, 6.45) is -5.97. The van der Waals surface area contributed by atoms with Crippen molar-refractivity contribution in [1.29, 1.82) is 0 Å². The van der Waals surface area contributed by atoms with Crippen molar-refractivity contribution in [2.24, 2.45) is 0 Å². The van der Waals surface area contributed by atoms with Crippen LogP contribution in [0.2, 0.25) is 0 Å². The lowest BCUT2D eigenvalue weighted by Gasteiger charge is -2.20. The number of hydrogen-bond acceptors (Lipinski definition) is 0. The number of hydrogen-bond donors (Lipinski definition) is 0. The van der Waals surface area contributed by atoms with E-state index >= 15 is 0 Å². The van der Waals surface area contributed by atoms with Crippen molar-refractivity contribution in [1.82, 2.24) is 0 Å². The summed E-state index contributed by atoms with van der Waals surface area (Å²) in [5.41, 5.74) is -2.05. The standard InChI is InChI=1S/C8H2F7/c9-5-3-1-2-4(6(5)10)7(11,12)8(13,14)15/h1-2H. The molecular formula is C8H2F7. The monoisotopic (exact) mass is 231 g/mol. The van der Waals surface area contributed by atoms with E-state index in [0.29, 0.717) is 6.07 Å². The number of rotatable bonds is 1. The van der Waals surface area contributed by atoms with Crippen LogP contribution in [0.15, 0.2) is 12.1 Å². The Morgan fingerprint density at radius 1 is 1.00 bits per heavy atom. The molecule has 0 nitrogen and oxygen atoms in total. The lowest BCUT2D eigenvalue weighted by Crippen LogP contribution is -2.34. The minimum atomic E-state index is -5.97. The van der Waals surface area contributed by atoms with Crippen molar-refractivity contribution in [3.63, 3.8) is 0 Å². The summed E-state index contributed by atoms with van der Waals surface area (Å²) in [6, 6.07) is 2.10. The lowest BCUT2D eigenvalue weighted by atomic mass is 10.1. The number of benzene rings is 1. The maximum atomic E-state index is 12.6. The molecule has 83 valence electrons. The van der Waals surface area contributed by atoms with Crippen molar-refractivity contribution in [2.75, 3.05) is 0 Å². The van der Waals surface area contributed by atoms with Crippen LogP contribution in [-0.4, -0.2) is 6.18 Å². The van der Waals surface area contributed by atoms with Gasteiger partial charge in [0.1, 0.15) is 0 Å². The Morgan fingerprint density at radius 2 is 1.53 bits per heavy atom. The summed E-state index contributed by atoms with van der Waals surface area (Å²) in [6.45, 7) is 0. The summed E-state index contributed by atoms with van der Waals surface area (Å²) in [4.78, 5) is 0. The topological polar surface area (TPSA) is 0 Å². The average Bonchev–Trinajstić information content (AvgIpc) is 2.07. The first-order chi connectivity index (χ1) is 6.68. The van der Waals surface area contributed by atoms with Gasteiger partial charge in [0.25, 0.3) is 0 Å². The van der Waals surface area contributed by atoms with Gasteiger partial charge in [0, 0.05) is 6.07 Å². The summed E-state index contributed by atoms with van der Waals surface area (Å²) in [5, 5.41) is 0. The fraction of sp³-hybridized carbons (Fsp3) is 0.250. The molecule has 0 heterocycles. The molecule has 0 amide bonds. The molecule has 0 aliphatic heterocycles. The van der Waals surface area contributed by atoms with E-state index in [1.807, 2.05) is 0 Å². The van der Waals surface area contributed by atoms with Crippen LogP contribution < -0.4 is 0 Å². The van der Waals surface area contributed by atoms with E-state index in [-0.39, 0.29) is 6.07 Å². The first-order valence-corrected chi connectivity index (χ1v) is 3.48. The minimum absolute atomic E-state index is 0.131. The van der Waals surface area contributed by atoms with Gasteiger partial charge >= 0.3 is 12.1 Å². The van der Waals surface area contributed by atoms with E-state index in [0.717, 1.165) is 0 Å². The Kier molecular flexibility index (Phi) is 2.67. The van der Waals surface area contributed by atoms with Gasteiger partial charge in [-0.25, -0.2) is 8.78 Å². The lowest BCUT2D eigenvalue weighted by molar-refractivity contribution is -0.290. The van der Waals surface area contributed by atoms with E-state index in [1.54, 1.807) is 0 Å². The largest absolute Gasteiger partial charge is 0.458 e. The Bertz CT molecular complexity index is 366. The summed E-state index contributed by atoms with van der Waals surface area (Å²) in [7, 11) is 0. The van der Waals surface area contributed by atoms with Gasteiger partial charge in [-0.1, -0.05) is 6.07 Å². The Balaban J connectivity index is 3.34. The SMILES string of the molecule is Fc1[c]ccc(C(F)(F)C(F)(F)F)c1F. The molecule has 15 heavy (non-hydrogen) atoms. The molecule has 0 aliphatic carbocycles. The van der Waals surface area contributed by atoms with Crippen LogP contribution in [0.5, 0.6) is 0 Å². The van der Waals surface area contributed by atoms with Gasteiger partial charge in [0.05, 0.1) is 5.56 Å². The zero-order chi connectivity index (χ0) is 11.9. The third kappa shape index (κ3) is 1.91. The van der Waals surface area contributed by atoms with Crippen LogP contribution >= 0.6 is 0 Å². The zero-order valence-corrected chi connectivity index (χ0v) is 6.80. The molecule has 0 atom stereocenters. The van der Waals surface area contributed by atoms with Crippen molar-refractivity contribution < 1.29 is 30.7 Å². The van der Waals surface area contributed by atoms with Crippen LogP contribution in [0.3, 0.4) is 0 Å². The molecule has 0 unspecified atom stereocenters. The third-order valence-corrected chi connectivity index (χ3v) is 1.58. The van der Waals surface area contributed by atoms with Gasteiger partial charge in [-0.15, -0.1) is 0 Å². The van der Waals surface area contributed by atoms with E-state index < -0.39 is 29.3 Å². The fourth-order valence-electron chi connectivity index (χ4n) is 0.848. The molecule has 1 aromatic carbocycles. The fourth-order valence-corrected chi connectivity index (χ4v) is 0.848. The number of alkyl halides is 5. The molecule has 0 spiro atoms. The average molecular weight is 231 g/mol. The second kappa shape index (κ2) is 3.39. The van der Waals surface area contributed by atoms with Crippen molar-refractivity contribution in [2.45, 2.75) is 12.1 Å². The van der Waals surface area contributed by atoms with E-state index in [2.05, 4.69) is 0 Å². The minimum Gasteiger partial charge on any atom is -0.203 e. The van der Waals surface area contributed by atoms with Crippen LogP contribution in [0.4, 0.5) is 30.7 Å². The second-order valence-electron chi connectivity index (χ2n) is 2.59. The molecule has 0 aromatic heterocycles. The van der Waals surface area contributed by atoms with Crippen molar-refractivity contribution in [3.05, 3.63) is 35.4 Å². The van der Waals surface area contributed by atoms with Crippen LogP contribution in [0.25, 0.3) is 0 Å². The molecule has 0 N–H and O–H groups in total. The van der Waals surface area contributed by atoms with E-state index in [4.69, 9.17) is 0 Å². The molecule has 0 bridgehead atoms. The van der Waals surface area contributed by atoms with Crippen LogP contribution in [0.1, 0.15) is 5.56 Å². The first-order valence-electron chi connectivity index (χ1n) is 3.48. The Morgan fingerprint density at radius 3 is 2.00 bits per heavy atom. The Hall–Kier alpha value is -1.27. The van der Waals surface area contributed by atoms with E-state index in [9.17, 15) is 30.7 Å². The molecule has 7 heteroatoms. The molecule has 1 rings (SSSR count). The normalized spacial score (nSPS) is 13.0. The number of halogens is 7. The van der Waals surface area contributed by atoms with Gasteiger partial charge in [0.2, 0.25) is 0 Å². The van der Waals surface area contributed by atoms with Gasteiger partial charge in [-0.05, 0) is 6.07 Å². The zero-order valence-electron chi connectivity index (χ0n) is 6.80. The summed E-state index contributed by atoms with van der Waals surface area (Å²) >= 11 is 0. The van der Waals surface area contributed by atoms with Crippen molar-refractivity contribution >= 4 is 0 Å². The molecule has 0 saturated heterocycles. The predicted molar refractivity (Wildman–Crippen MR) is 35.1 cm³/mol. The second-order valence-corrected chi connectivity index (χ2v) is 2.59. The highest BCUT2D eigenvalue weighted by molar-refractivity contribution is 5.24. The van der Waals surface area contributed by atoms with Crippen molar-refractivity contribution in [3.8, 4) is 0 Å². The quantitative estimate of drug-likeness (QED) is 0.649. The van der Waals surface area contributed by atoms with Gasteiger partial charge in [0.15, 0.2) is 11.6 Å². The maximum absolute atomic E-state index is 12.6. The molecule has 1 aromatic rings. The first kappa shape index (κ1) is 11.8. The summed E-state index contributed by atoms with van der Waals surface area (Å²) < 4.78 is 85.5. The van der Waals surface area contributed by atoms with E-state index in [1.165, 1.54) is 6.07 Å².